The maximum Gasteiger partial charge on any atom is 0.197 e. The van der Waals surface area contributed by atoms with Gasteiger partial charge in [-0.15, -0.1) is 0 Å². The third kappa shape index (κ3) is 3.38. The number of benzene rings is 1. The maximum atomic E-state index is 13.0. The first kappa shape index (κ1) is 19.5. The van der Waals surface area contributed by atoms with Crippen LogP contribution in [0.1, 0.15) is 23.7 Å². The molecule has 3 heterocycles. The van der Waals surface area contributed by atoms with Crippen LogP contribution in [0.4, 0.5) is 0 Å². The molecule has 4 rings (SSSR count). The minimum Gasteiger partial charge on any atom is -0.496 e. The van der Waals surface area contributed by atoms with Gasteiger partial charge >= 0.3 is 0 Å². The molecule has 29 heavy (non-hydrogen) atoms. The number of nitrogens with zero attached hydrogens (tertiary/aromatic N) is 2. The lowest BCUT2D eigenvalue weighted by atomic mass is 9.85. The number of aromatic nitrogens is 1. The quantitative estimate of drug-likeness (QED) is 0.714. The molecule has 1 aromatic carbocycles. The number of aliphatic hydroxyl groups is 1. The molecule has 0 aliphatic carbocycles. The number of rotatable bonds is 4. The van der Waals surface area contributed by atoms with Gasteiger partial charge in [-0.1, -0.05) is 5.16 Å². The molecule has 8 nitrogen and oxygen atoms in total. The molecule has 1 fully saturated rings. The summed E-state index contributed by atoms with van der Waals surface area (Å²) in [4.78, 5) is 15.1. The molecule has 1 saturated heterocycles. The highest BCUT2D eigenvalue weighted by atomic mass is 16.5. The Morgan fingerprint density at radius 3 is 2.59 bits per heavy atom. The zero-order valence-electron chi connectivity index (χ0n) is 16.9. The second-order valence-corrected chi connectivity index (χ2v) is 7.42. The summed E-state index contributed by atoms with van der Waals surface area (Å²) in [5.74, 6) is 1.53. The van der Waals surface area contributed by atoms with Crippen molar-refractivity contribution in [1.29, 1.82) is 0 Å². The lowest BCUT2D eigenvalue weighted by Gasteiger charge is -2.34. The van der Waals surface area contributed by atoms with E-state index in [-0.39, 0.29) is 11.3 Å². The van der Waals surface area contributed by atoms with Crippen LogP contribution >= 0.6 is 0 Å². The van der Waals surface area contributed by atoms with E-state index in [9.17, 15) is 9.90 Å². The van der Waals surface area contributed by atoms with Crippen LogP contribution in [0, 0.1) is 6.92 Å². The van der Waals surface area contributed by atoms with E-state index in [0.717, 1.165) is 6.54 Å². The van der Waals surface area contributed by atoms with Crippen LogP contribution in [0.2, 0.25) is 0 Å². The normalized spacial score (nSPS) is 20.2. The molecule has 0 amide bonds. The van der Waals surface area contributed by atoms with Crippen LogP contribution in [0.3, 0.4) is 0 Å². The van der Waals surface area contributed by atoms with Gasteiger partial charge in [0.1, 0.15) is 33.9 Å². The number of ether oxygens (including phenoxy) is 2. The average molecular weight is 400 g/mol. The number of aliphatic hydroxyl groups excluding tert-OH is 1. The highest BCUT2D eigenvalue weighted by molar-refractivity contribution is 5.90. The molecule has 0 saturated carbocycles. The number of hydrogen-bond acceptors (Lipinski definition) is 8. The molecule has 2 atom stereocenters. The van der Waals surface area contributed by atoms with Crippen molar-refractivity contribution >= 4 is 11.0 Å². The van der Waals surface area contributed by atoms with Crippen LogP contribution in [-0.2, 0) is 0 Å². The van der Waals surface area contributed by atoms with Crippen LogP contribution in [0.25, 0.3) is 22.4 Å². The van der Waals surface area contributed by atoms with E-state index in [1.165, 1.54) is 13.2 Å². The number of methoxy groups -OCH3 is 2. The van der Waals surface area contributed by atoms with E-state index in [0.29, 0.717) is 58.2 Å². The Morgan fingerprint density at radius 1 is 1.21 bits per heavy atom. The van der Waals surface area contributed by atoms with Crippen LogP contribution < -0.4 is 14.9 Å². The summed E-state index contributed by atoms with van der Waals surface area (Å²) in [6.45, 7) is 3.10. The number of β-amino-alcohol motifs (C(OH)–C–C–N with tert-alkyl or cyclic N) is 1. The first-order chi connectivity index (χ1) is 13.9. The largest absolute Gasteiger partial charge is 0.496 e. The van der Waals surface area contributed by atoms with Gasteiger partial charge in [0, 0.05) is 36.2 Å². The summed E-state index contributed by atoms with van der Waals surface area (Å²) in [5.41, 5.74) is 1.18. The van der Waals surface area contributed by atoms with Crippen molar-refractivity contribution in [2.24, 2.45) is 0 Å². The summed E-state index contributed by atoms with van der Waals surface area (Å²) in [6, 6.07) is 4.76. The molecule has 1 N–H and O–H groups in total. The minimum atomic E-state index is -0.623. The topological polar surface area (TPSA) is 98.2 Å². The fraction of sp³-hybridized carbons (Fsp3) is 0.429. The first-order valence-corrected chi connectivity index (χ1v) is 9.46. The van der Waals surface area contributed by atoms with Gasteiger partial charge in [0.05, 0.1) is 20.3 Å². The van der Waals surface area contributed by atoms with Crippen LogP contribution in [0.5, 0.6) is 11.5 Å². The van der Waals surface area contributed by atoms with E-state index in [1.807, 2.05) is 7.05 Å². The fourth-order valence-corrected chi connectivity index (χ4v) is 4.01. The second kappa shape index (κ2) is 7.53. The number of hydrogen-bond donors (Lipinski definition) is 1. The third-order valence-corrected chi connectivity index (χ3v) is 5.44. The van der Waals surface area contributed by atoms with E-state index in [1.54, 1.807) is 26.2 Å². The first-order valence-electron chi connectivity index (χ1n) is 9.46. The van der Waals surface area contributed by atoms with Crippen LogP contribution in [-0.4, -0.2) is 55.6 Å². The summed E-state index contributed by atoms with van der Waals surface area (Å²) in [7, 11) is 5.01. The molecule has 0 radical (unpaired) electrons. The number of likely N-dealkylation sites (N-methyl/N-ethyl adjacent to an activating group) is 1. The maximum absolute atomic E-state index is 13.0. The molecule has 0 unspecified atom stereocenters. The standard InChI is InChI=1S/C21H24N2O6/c1-11-7-13(22-29-11)16-8-14(24)20-18(27-4)9-17(26-3)19(21(20)28-16)12-5-6-23(2)10-15(12)25/h7-9,12,15,25H,5-6,10H2,1-4H3/t12-,15+/m0/s1. The Labute approximate surface area is 167 Å². The fourth-order valence-electron chi connectivity index (χ4n) is 4.01. The number of piperidine rings is 1. The van der Waals surface area contributed by atoms with E-state index < -0.39 is 6.10 Å². The zero-order chi connectivity index (χ0) is 20.7. The summed E-state index contributed by atoms with van der Waals surface area (Å²) >= 11 is 0. The van der Waals surface area contributed by atoms with E-state index >= 15 is 0 Å². The van der Waals surface area contributed by atoms with Gasteiger partial charge in [-0.05, 0) is 26.9 Å². The van der Waals surface area contributed by atoms with Gasteiger partial charge < -0.3 is 28.4 Å². The predicted molar refractivity (Wildman–Crippen MR) is 107 cm³/mol. The predicted octanol–water partition coefficient (Wildman–Crippen LogP) is 2.55. The lowest BCUT2D eigenvalue weighted by Crippen LogP contribution is -2.40. The van der Waals surface area contributed by atoms with Crippen molar-refractivity contribution in [3.05, 3.63) is 39.7 Å². The third-order valence-electron chi connectivity index (χ3n) is 5.44. The van der Waals surface area contributed by atoms with Gasteiger partial charge in [-0.25, -0.2) is 0 Å². The van der Waals surface area contributed by atoms with Crippen LogP contribution in [0.15, 0.2) is 31.9 Å². The molecule has 1 aliphatic heterocycles. The molecule has 0 bridgehead atoms. The SMILES string of the molecule is COc1cc(OC)c2c(=O)cc(-c3cc(C)on3)oc2c1[C@H]1CCN(C)C[C@H]1O. The number of aryl methyl sites for hydroxylation is 1. The van der Waals surface area contributed by atoms with Gasteiger partial charge in [0.15, 0.2) is 11.2 Å². The van der Waals surface area contributed by atoms with Gasteiger partial charge in [-0.2, -0.15) is 0 Å². The van der Waals surface area contributed by atoms with Crippen molar-refractivity contribution in [3.8, 4) is 23.0 Å². The van der Waals surface area contributed by atoms with Crippen molar-refractivity contribution in [1.82, 2.24) is 10.1 Å². The van der Waals surface area contributed by atoms with Crippen molar-refractivity contribution < 1.29 is 23.5 Å². The van der Waals surface area contributed by atoms with E-state index in [4.69, 9.17) is 18.4 Å². The Hall–Kier alpha value is -2.84. The summed E-state index contributed by atoms with van der Waals surface area (Å²) < 4.78 is 22.4. The molecule has 154 valence electrons. The summed E-state index contributed by atoms with van der Waals surface area (Å²) in [5, 5.41) is 15.1. The van der Waals surface area contributed by atoms with Crippen molar-refractivity contribution in [2.75, 3.05) is 34.4 Å². The highest BCUT2D eigenvalue weighted by Gasteiger charge is 2.33. The zero-order valence-corrected chi connectivity index (χ0v) is 16.9. The molecule has 8 heteroatoms. The van der Waals surface area contributed by atoms with Gasteiger partial charge in [0.25, 0.3) is 0 Å². The molecule has 0 spiro atoms. The Kier molecular flexibility index (Phi) is 5.06. The molecule has 2 aromatic heterocycles. The highest BCUT2D eigenvalue weighted by Crippen LogP contribution is 2.43. The Morgan fingerprint density at radius 2 is 1.97 bits per heavy atom. The molecule has 1 aliphatic rings. The monoisotopic (exact) mass is 400 g/mol. The molecular formula is C21H24N2O6. The molecule has 3 aromatic rings. The lowest BCUT2D eigenvalue weighted by molar-refractivity contribution is 0.0630. The number of fused-ring (bicyclic) bond motifs is 1. The van der Waals surface area contributed by atoms with Gasteiger partial charge in [0.2, 0.25) is 0 Å². The number of likely N-dealkylation sites (tertiary alicyclic amines) is 1. The summed E-state index contributed by atoms with van der Waals surface area (Å²) in [6.07, 6.45) is 0.0782. The molecular weight excluding hydrogens is 376 g/mol. The van der Waals surface area contributed by atoms with Crippen molar-refractivity contribution in [2.45, 2.75) is 25.4 Å². The Balaban J connectivity index is 2.02. The van der Waals surface area contributed by atoms with Crippen molar-refractivity contribution in [3.63, 3.8) is 0 Å². The van der Waals surface area contributed by atoms with Gasteiger partial charge in [-0.3, -0.25) is 4.79 Å². The second-order valence-electron chi connectivity index (χ2n) is 7.42. The average Bonchev–Trinajstić information content (AvgIpc) is 3.13. The minimum absolute atomic E-state index is 0.244. The van der Waals surface area contributed by atoms with E-state index in [2.05, 4.69) is 10.1 Å². The smallest absolute Gasteiger partial charge is 0.197 e. The Bertz CT molecular complexity index is 1100.